The number of H-pyrrole nitrogens is 2. The van der Waals surface area contributed by atoms with E-state index in [-0.39, 0.29) is 11.6 Å². The third-order valence-electron chi connectivity index (χ3n) is 4.57. The summed E-state index contributed by atoms with van der Waals surface area (Å²) in [7, 11) is 1.93. The van der Waals surface area contributed by atoms with Crippen LogP contribution in [0, 0.1) is 0 Å². The van der Waals surface area contributed by atoms with Crippen LogP contribution in [0.4, 0.5) is 0 Å². The summed E-state index contributed by atoms with van der Waals surface area (Å²) in [5.74, 6) is 0.263. The number of nitrogens with zero attached hydrogens (tertiary/aromatic N) is 1. The number of likely N-dealkylation sites (tertiary alicyclic amines) is 1. The maximum Gasteiger partial charge on any atom is 0.323 e. The van der Waals surface area contributed by atoms with Crippen LogP contribution in [-0.2, 0) is 11.2 Å². The van der Waals surface area contributed by atoms with Crippen molar-refractivity contribution in [2.24, 2.45) is 0 Å². The van der Waals surface area contributed by atoms with Crippen LogP contribution in [0.2, 0.25) is 0 Å². The van der Waals surface area contributed by atoms with Gasteiger partial charge in [0, 0.05) is 25.6 Å². The highest BCUT2D eigenvalue weighted by atomic mass is 16.2. The number of rotatable bonds is 6. The first-order valence-electron chi connectivity index (χ1n) is 8.32. The van der Waals surface area contributed by atoms with Gasteiger partial charge in [0.2, 0.25) is 5.91 Å². The van der Waals surface area contributed by atoms with E-state index in [1.807, 2.05) is 30.1 Å². The van der Waals surface area contributed by atoms with E-state index in [9.17, 15) is 9.59 Å². The number of carbonyl (C=O) groups is 1. The van der Waals surface area contributed by atoms with Gasteiger partial charge in [-0.3, -0.25) is 4.79 Å². The molecule has 1 saturated heterocycles. The number of carbonyl (C=O) groups excluding carboxylic acids is 1. The van der Waals surface area contributed by atoms with Crippen molar-refractivity contribution < 1.29 is 4.79 Å². The fourth-order valence-corrected chi connectivity index (χ4v) is 3.43. The molecule has 1 aromatic carbocycles. The van der Waals surface area contributed by atoms with Crippen LogP contribution >= 0.6 is 0 Å². The zero-order valence-electron chi connectivity index (χ0n) is 13.5. The predicted octanol–water partition coefficient (Wildman–Crippen LogP) is 1.39. The van der Waals surface area contributed by atoms with E-state index in [1.165, 1.54) is 0 Å². The monoisotopic (exact) mass is 316 g/mol. The number of nitrogens with one attached hydrogen (secondary N) is 3. The van der Waals surface area contributed by atoms with Gasteiger partial charge in [0.1, 0.15) is 0 Å². The molecule has 1 atom stereocenters. The number of aromatic amines is 2. The zero-order valence-corrected chi connectivity index (χ0v) is 13.5. The minimum absolute atomic E-state index is 0.183. The molecule has 0 bridgehead atoms. The van der Waals surface area contributed by atoms with Crippen LogP contribution in [0.1, 0.15) is 31.2 Å². The van der Waals surface area contributed by atoms with Gasteiger partial charge < -0.3 is 20.2 Å². The molecule has 6 nitrogen and oxygen atoms in total. The average Bonchev–Trinajstić information content (AvgIpc) is 3.12. The van der Waals surface area contributed by atoms with Gasteiger partial charge in [-0.05, 0) is 50.4 Å². The quantitative estimate of drug-likeness (QED) is 0.753. The van der Waals surface area contributed by atoms with Crippen molar-refractivity contribution >= 4 is 16.9 Å². The minimum Gasteiger partial charge on any atom is -0.338 e. The number of benzene rings is 1. The Morgan fingerprint density at radius 1 is 1.35 bits per heavy atom. The maximum atomic E-state index is 12.4. The Morgan fingerprint density at radius 2 is 2.17 bits per heavy atom. The van der Waals surface area contributed by atoms with Crippen LogP contribution in [-0.4, -0.2) is 47.0 Å². The van der Waals surface area contributed by atoms with E-state index in [2.05, 4.69) is 15.3 Å². The molecule has 1 aliphatic heterocycles. The van der Waals surface area contributed by atoms with Crippen LogP contribution in [0.5, 0.6) is 0 Å². The van der Waals surface area contributed by atoms with E-state index < -0.39 is 0 Å². The SMILES string of the molecule is CNCC1CCCN1C(=O)CCCc1ccc2[nH]c(=O)[nH]c2c1. The summed E-state index contributed by atoms with van der Waals surface area (Å²) in [6, 6.07) is 6.26. The summed E-state index contributed by atoms with van der Waals surface area (Å²) in [5.41, 5.74) is 2.61. The van der Waals surface area contributed by atoms with E-state index in [1.54, 1.807) is 0 Å². The van der Waals surface area contributed by atoms with Crippen molar-refractivity contribution in [3.63, 3.8) is 0 Å². The molecule has 1 amide bonds. The van der Waals surface area contributed by atoms with Gasteiger partial charge in [-0.15, -0.1) is 0 Å². The molecule has 23 heavy (non-hydrogen) atoms. The third-order valence-corrected chi connectivity index (χ3v) is 4.57. The van der Waals surface area contributed by atoms with Gasteiger partial charge in [0.05, 0.1) is 11.0 Å². The topological polar surface area (TPSA) is 81.0 Å². The number of hydrogen-bond donors (Lipinski definition) is 3. The van der Waals surface area contributed by atoms with Crippen molar-refractivity contribution in [2.75, 3.05) is 20.1 Å². The van der Waals surface area contributed by atoms with Crippen molar-refractivity contribution in [1.29, 1.82) is 0 Å². The molecule has 2 aromatic rings. The summed E-state index contributed by atoms with van der Waals surface area (Å²) in [6.07, 6.45) is 4.48. The lowest BCUT2D eigenvalue weighted by atomic mass is 10.1. The number of hydrogen-bond acceptors (Lipinski definition) is 3. The summed E-state index contributed by atoms with van der Waals surface area (Å²) < 4.78 is 0. The molecule has 0 aliphatic carbocycles. The second-order valence-electron chi connectivity index (χ2n) is 6.25. The number of fused-ring (bicyclic) bond motifs is 1. The lowest BCUT2D eigenvalue weighted by Crippen LogP contribution is -2.40. The van der Waals surface area contributed by atoms with Gasteiger partial charge in [-0.25, -0.2) is 4.79 Å². The Bertz CT molecular complexity index is 734. The van der Waals surface area contributed by atoms with Crippen LogP contribution in [0.15, 0.2) is 23.0 Å². The number of likely N-dealkylation sites (N-methyl/N-ethyl adjacent to an activating group) is 1. The van der Waals surface area contributed by atoms with Crippen molar-refractivity contribution in [3.8, 4) is 0 Å². The van der Waals surface area contributed by atoms with E-state index in [0.717, 1.165) is 55.4 Å². The van der Waals surface area contributed by atoms with Crippen molar-refractivity contribution in [1.82, 2.24) is 20.2 Å². The van der Waals surface area contributed by atoms with Gasteiger partial charge in [0.15, 0.2) is 0 Å². The molecular weight excluding hydrogens is 292 g/mol. The third kappa shape index (κ3) is 3.64. The molecule has 1 aliphatic rings. The lowest BCUT2D eigenvalue weighted by Gasteiger charge is -2.24. The van der Waals surface area contributed by atoms with E-state index in [0.29, 0.717) is 12.5 Å². The Balaban J connectivity index is 1.53. The predicted molar refractivity (Wildman–Crippen MR) is 90.5 cm³/mol. The molecule has 1 unspecified atom stereocenters. The van der Waals surface area contributed by atoms with E-state index in [4.69, 9.17) is 0 Å². The Morgan fingerprint density at radius 3 is 3.00 bits per heavy atom. The zero-order chi connectivity index (χ0) is 16.2. The average molecular weight is 316 g/mol. The van der Waals surface area contributed by atoms with E-state index >= 15 is 0 Å². The molecule has 0 spiro atoms. The summed E-state index contributed by atoms with van der Waals surface area (Å²) in [5, 5.41) is 3.17. The number of amides is 1. The molecule has 3 N–H and O–H groups in total. The summed E-state index contributed by atoms with van der Waals surface area (Å²) >= 11 is 0. The van der Waals surface area contributed by atoms with Crippen LogP contribution < -0.4 is 11.0 Å². The molecule has 1 aromatic heterocycles. The molecule has 1 fully saturated rings. The normalized spacial score (nSPS) is 18.0. The number of aromatic nitrogens is 2. The Hall–Kier alpha value is -2.08. The molecule has 0 radical (unpaired) electrons. The Labute approximate surface area is 135 Å². The molecule has 124 valence electrons. The first-order valence-corrected chi connectivity index (χ1v) is 8.32. The van der Waals surface area contributed by atoms with Gasteiger partial charge >= 0.3 is 5.69 Å². The molecule has 3 rings (SSSR count). The molecule has 6 heteroatoms. The highest BCUT2D eigenvalue weighted by Crippen LogP contribution is 2.19. The van der Waals surface area contributed by atoms with Gasteiger partial charge in [-0.1, -0.05) is 6.07 Å². The Kier molecular flexibility index (Phi) is 4.81. The lowest BCUT2D eigenvalue weighted by molar-refractivity contribution is -0.132. The van der Waals surface area contributed by atoms with Crippen molar-refractivity contribution in [2.45, 2.75) is 38.1 Å². The summed E-state index contributed by atoms with van der Waals surface area (Å²) in [4.78, 5) is 31.2. The number of imidazole rings is 1. The fraction of sp³-hybridized carbons (Fsp3) is 0.529. The van der Waals surface area contributed by atoms with Gasteiger partial charge in [-0.2, -0.15) is 0 Å². The standard InChI is InChI=1S/C17H24N4O2/c1-18-11-13-5-3-9-21(13)16(22)6-2-4-12-7-8-14-15(10-12)20-17(23)19-14/h7-8,10,13,18H,2-6,9,11H2,1H3,(H2,19,20,23). The molecular formula is C17H24N4O2. The highest BCUT2D eigenvalue weighted by Gasteiger charge is 2.27. The van der Waals surface area contributed by atoms with Crippen molar-refractivity contribution in [3.05, 3.63) is 34.2 Å². The summed E-state index contributed by atoms with van der Waals surface area (Å²) in [6.45, 7) is 1.77. The van der Waals surface area contributed by atoms with Crippen LogP contribution in [0.3, 0.4) is 0 Å². The largest absolute Gasteiger partial charge is 0.338 e. The highest BCUT2D eigenvalue weighted by molar-refractivity contribution is 5.77. The molecule has 2 heterocycles. The van der Waals surface area contributed by atoms with Gasteiger partial charge in [0.25, 0.3) is 0 Å². The second-order valence-corrected chi connectivity index (χ2v) is 6.25. The molecule has 0 saturated carbocycles. The first-order chi connectivity index (χ1) is 11.2. The maximum absolute atomic E-state index is 12.4. The number of aryl methyl sites for hydroxylation is 1. The van der Waals surface area contributed by atoms with Crippen LogP contribution in [0.25, 0.3) is 11.0 Å². The smallest absolute Gasteiger partial charge is 0.323 e. The fourth-order valence-electron chi connectivity index (χ4n) is 3.43. The second kappa shape index (κ2) is 7.00. The first kappa shape index (κ1) is 15.8. The minimum atomic E-state index is -0.183.